The highest BCUT2D eigenvalue weighted by Crippen LogP contribution is 2.39. The van der Waals surface area contributed by atoms with E-state index in [1.54, 1.807) is 6.20 Å². The van der Waals surface area contributed by atoms with Gasteiger partial charge in [-0.25, -0.2) is 4.98 Å². The van der Waals surface area contributed by atoms with Crippen molar-refractivity contribution in [1.82, 2.24) is 20.9 Å². The zero-order valence-electron chi connectivity index (χ0n) is 20.6. The number of ether oxygens (including phenoxy) is 1. The van der Waals surface area contributed by atoms with Crippen LogP contribution in [0.1, 0.15) is 57.5 Å². The number of likely N-dealkylation sites (N-methyl/N-ethyl adjacent to an activating group) is 1. The van der Waals surface area contributed by atoms with Crippen LogP contribution < -0.4 is 25.6 Å². The number of anilines is 1. The summed E-state index contributed by atoms with van der Waals surface area (Å²) < 4.78 is 5.76. The normalized spacial score (nSPS) is 22.8. The van der Waals surface area contributed by atoms with Crippen molar-refractivity contribution >= 4 is 17.6 Å². The largest absolute Gasteiger partial charge is 0.493 e. The molecular weight excluding hydrogens is 442 g/mol. The highest BCUT2D eigenvalue weighted by molar-refractivity contribution is 5.96. The van der Waals surface area contributed by atoms with Crippen LogP contribution in [-0.4, -0.2) is 62.2 Å². The molecule has 2 fully saturated rings. The first-order chi connectivity index (χ1) is 17.0. The van der Waals surface area contributed by atoms with Crippen molar-refractivity contribution in [2.45, 2.75) is 51.1 Å². The lowest BCUT2D eigenvalue weighted by molar-refractivity contribution is 0.0932. The van der Waals surface area contributed by atoms with Crippen LogP contribution in [0.25, 0.3) is 0 Å². The quantitative estimate of drug-likeness (QED) is 0.531. The van der Waals surface area contributed by atoms with E-state index >= 15 is 0 Å². The Morgan fingerprint density at radius 2 is 2.03 bits per heavy atom. The predicted molar refractivity (Wildman–Crippen MR) is 135 cm³/mol. The Morgan fingerprint density at radius 3 is 2.83 bits per heavy atom. The Labute approximate surface area is 206 Å². The minimum atomic E-state index is -0.105. The minimum absolute atomic E-state index is 0.0113. The molecule has 3 aliphatic rings. The zero-order valence-corrected chi connectivity index (χ0v) is 20.6. The number of pyridine rings is 1. The second-order valence-electron chi connectivity index (χ2n) is 9.89. The number of rotatable bonds is 7. The Bertz CT molecular complexity index is 1090. The number of fused-ring (bicyclic) bond motifs is 2. The SMILES string of the molecule is CNCCNC(=O)c1ccc(N2CCCC3CC(NC(=O)c4ccc5c(c4C)OCC5)CC32)nc1. The average Bonchev–Trinajstić information content (AvgIpc) is 3.51. The second-order valence-corrected chi connectivity index (χ2v) is 9.89. The lowest BCUT2D eigenvalue weighted by Gasteiger charge is -2.38. The van der Waals surface area contributed by atoms with E-state index in [1.165, 1.54) is 12.0 Å². The maximum atomic E-state index is 13.1. The summed E-state index contributed by atoms with van der Waals surface area (Å²) in [6.45, 7) is 4.93. The second kappa shape index (κ2) is 10.2. The van der Waals surface area contributed by atoms with E-state index in [9.17, 15) is 9.59 Å². The van der Waals surface area contributed by atoms with Crippen molar-refractivity contribution in [2.24, 2.45) is 5.92 Å². The van der Waals surface area contributed by atoms with Crippen molar-refractivity contribution in [3.63, 3.8) is 0 Å². The molecule has 0 radical (unpaired) electrons. The summed E-state index contributed by atoms with van der Waals surface area (Å²) in [5.74, 6) is 2.21. The number of nitrogens with one attached hydrogen (secondary N) is 3. The fourth-order valence-corrected chi connectivity index (χ4v) is 5.90. The van der Waals surface area contributed by atoms with Crippen molar-refractivity contribution in [1.29, 1.82) is 0 Å². The van der Waals surface area contributed by atoms with E-state index < -0.39 is 0 Å². The lowest BCUT2D eigenvalue weighted by atomic mass is 9.92. The zero-order chi connectivity index (χ0) is 24.4. The molecule has 2 aromatic rings. The van der Waals surface area contributed by atoms with Gasteiger partial charge in [-0.3, -0.25) is 9.59 Å². The smallest absolute Gasteiger partial charge is 0.252 e. The van der Waals surface area contributed by atoms with E-state index in [-0.39, 0.29) is 17.9 Å². The fourth-order valence-electron chi connectivity index (χ4n) is 5.90. The Kier molecular flexibility index (Phi) is 6.90. The molecule has 3 heterocycles. The molecule has 3 N–H and O–H groups in total. The fraction of sp³-hybridized carbons (Fsp3) is 0.519. The topological polar surface area (TPSA) is 95.6 Å². The van der Waals surface area contributed by atoms with Gasteiger partial charge in [-0.05, 0) is 69.3 Å². The molecule has 186 valence electrons. The van der Waals surface area contributed by atoms with E-state index in [0.29, 0.717) is 36.2 Å². The predicted octanol–water partition coefficient (Wildman–Crippen LogP) is 2.45. The van der Waals surface area contributed by atoms with Crippen molar-refractivity contribution in [3.8, 4) is 5.75 Å². The molecule has 2 aliphatic heterocycles. The number of carbonyl (C=O) groups is 2. The van der Waals surface area contributed by atoms with Gasteiger partial charge in [-0.15, -0.1) is 0 Å². The number of hydrogen-bond donors (Lipinski definition) is 3. The monoisotopic (exact) mass is 477 g/mol. The molecule has 1 saturated heterocycles. The van der Waals surface area contributed by atoms with E-state index in [1.807, 2.05) is 38.2 Å². The molecular formula is C27H35N5O3. The summed E-state index contributed by atoms with van der Waals surface area (Å²) in [5.41, 5.74) is 3.41. The molecule has 1 aromatic heterocycles. The third-order valence-corrected chi connectivity index (χ3v) is 7.68. The van der Waals surface area contributed by atoms with Gasteiger partial charge in [0.1, 0.15) is 11.6 Å². The molecule has 35 heavy (non-hydrogen) atoms. The van der Waals surface area contributed by atoms with Crippen LogP contribution in [0, 0.1) is 12.8 Å². The van der Waals surface area contributed by atoms with Crippen LogP contribution in [0.15, 0.2) is 30.5 Å². The van der Waals surface area contributed by atoms with Crippen molar-refractivity contribution in [3.05, 3.63) is 52.7 Å². The first-order valence-corrected chi connectivity index (χ1v) is 12.8. The number of hydrogen-bond acceptors (Lipinski definition) is 6. The van der Waals surface area contributed by atoms with Gasteiger partial charge in [-0.2, -0.15) is 0 Å². The molecule has 3 unspecified atom stereocenters. The number of carbonyl (C=O) groups excluding carboxylic acids is 2. The average molecular weight is 478 g/mol. The molecule has 0 bridgehead atoms. The summed E-state index contributed by atoms with van der Waals surface area (Å²) in [5, 5.41) is 9.21. The standard InChI is InChI=1S/C27H35N5O3/c1-17-22(7-5-18-9-13-35-25(17)18)27(34)31-21-14-19-4-3-12-32(23(19)15-21)24-8-6-20(16-30-24)26(33)29-11-10-28-2/h5-8,16,19,21,23,28H,3-4,9-15H2,1-2H3,(H,29,33)(H,31,34). The van der Waals surface area contributed by atoms with Gasteiger partial charge in [0.05, 0.1) is 12.2 Å². The molecule has 3 atom stereocenters. The highest BCUT2D eigenvalue weighted by atomic mass is 16.5. The number of aromatic nitrogens is 1. The molecule has 1 aliphatic carbocycles. The van der Waals surface area contributed by atoms with Gasteiger partial charge in [0.25, 0.3) is 11.8 Å². The highest BCUT2D eigenvalue weighted by Gasteiger charge is 2.41. The molecule has 1 saturated carbocycles. The Hall–Kier alpha value is -3.13. The lowest BCUT2D eigenvalue weighted by Crippen LogP contribution is -2.43. The van der Waals surface area contributed by atoms with Gasteiger partial charge in [0.2, 0.25) is 0 Å². The van der Waals surface area contributed by atoms with Crippen molar-refractivity contribution in [2.75, 3.05) is 38.2 Å². The summed E-state index contributed by atoms with van der Waals surface area (Å²) in [4.78, 5) is 32.4. The molecule has 8 heteroatoms. The number of benzene rings is 1. The van der Waals surface area contributed by atoms with Crippen LogP contribution in [0.2, 0.25) is 0 Å². The van der Waals surface area contributed by atoms with E-state index in [2.05, 4.69) is 25.8 Å². The number of piperidine rings is 1. The van der Waals surface area contributed by atoms with Crippen LogP contribution in [-0.2, 0) is 6.42 Å². The van der Waals surface area contributed by atoms with Crippen LogP contribution in [0.4, 0.5) is 5.82 Å². The first kappa shape index (κ1) is 23.6. The number of nitrogens with zero attached hydrogens (tertiary/aromatic N) is 2. The molecule has 2 amide bonds. The number of amides is 2. The van der Waals surface area contributed by atoms with Gasteiger partial charge in [0.15, 0.2) is 0 Å². The maximum Gasteiger partial charge on any atom is 0.252 e. The summed E-state index contributed by atoms with van der Waals surface area (Å²) in [6.07, 6.45) is 6.75. The van der Waals surface area contributed by atoms with E-state index in [4.69, 9.17) is 4.74 Å². The summed E-state index contributed by atoms with van der Waals surface area (Å²) in [6, 6.07) is 8.26. The molecule has 5 rings (SSSR count). The minimum Gasteiger partial charge on any atom is -0.493 e. The third kappa shape index (κ3) is 4.85. The van der Waals surface area contributed by atoms with Crippen LogP contribution in [0.3, 0.4) is 0 Å². The molecule has 0 spiro atoms. The summed E-state index contributed by atoms with van der Waals surface area (Å²) >= 11 is 0. The van der Waals surface area contributed by atoms with Gasteiger partial charge in [-0.1, -0.05) is 6.07 Å². The molecule has 8 nitrogen and oxygen atoms in total. The first-order valence-electron chi connectivity index (χ1n) is 12.8. The van der Waals surface area contributed by atoms with Gasteiger partial charge < -0.3 is 25.6 Å². The van der Waals surface area contributed by atoms with Gasteiger partial charge in [0, 0.05) is 55.5 Å². The van der Waals surface area contributed by atoms with Crippen LogP contribution in [0.5, 0.6) is 5.75 Å². The Balaban J connectivity index is 1.23. The maximum absolute atomic E-state index is 13.1. The van der Waals surface area contributed by atoms with Crippen LogP contribution >= 0.6 is 0 Å². The Morgan fingerprint density at radius 1 is 1.14 bits per heavy atom. The van der Waals surface area contributed by atoms with E-state index in [0.717, 1.165) is 55.9 Å². The molecule has 1 aromatic carbocycles. The third-order valence-electron chi connectivity index (χ3n) is 7.68. The van der Waals surface area contributed by atoms with Gasteiger partial charge >= 0.3 is 0 Å². The van der Waals surface area contributed by atoms with Crippen molar-refractivity contribution < 1.29 is 14.3 Å². The summed E-state index contributed by atoms with van der Waals surface area (Å²) in [7, 11) is 1.86.